The predicted octanol–water partition coefficient (Wildman–Crippen LogP) is 3.47. The molecule has 0 aliphatic rings. The summed E-state index contributed by atoms with van der Waals surface area (Å²) in [5, 5.41) is 0. The number of aryl methyl sites for hydroxylation is 1. The van der Waals surface area contributed by atoms with Crippen molar-refractivity contribution in [3.63, 3.8) is 0 Å². The first-order valence-corrected chi connectivity index (χ1v) is 8.83. The summed E-state index contributed by atoms with van der Waals surface area (Å²) in [4.78, 5) is 12.7. The summed E-state index contributed by atoms with van der Waals surface area (Å²) >= 11 is 0. The fourth-order valence-electron chi connectivity index (χ4n) is 2.16. The first-order chi connectivity index (χ1) is 11.5. The zero-order valence-corrected chi connectivity index (χ0v) is 14.6. The van der Waals surface area contributed by atoms with E-state index >= 15 is 0 Å². The Hall–Kier alpha value is -2.24. The Kier molecular flexibility index (Phi) is 6.46. The molecule has 0 saturated carbocycles. The molecule has 1 N–H and O–H groups in total. The van der Waals surface area contributed by atoms with Gasteiger partial charge >= 0.3 is 5.97 Å². The second-order valence-corrected chi connectivity index (χ2v) is 6.53. The fourth-order valence-corrected chi connectivity index (χ4v) is 3.18. The van der Waals surface area contributed by atoms with Crippen LogP contribution in [0.2, 0.25) is 0 Å². The summed E-state index contributed by atoms with van der Waals surface area (Å²) in [6, 6.07) is 16.1. The van der Waals surface area contributed by atoms with Crippen molar-refractivity contribution < 1.29 is 13.7 Å². The average Bonchev–Trinajstić information content (AvgIpc) is 2.60. The van der Waals surface area contributed by atoms with Gasteiger partial charge in [-0.1, -0.05) is 54.6 Å². The first-order valence-electron chi connectivity index (χ1n) is 7.68. The maximum absolute atomic E-state index is 12.6. The zero-order chi connectivity index (χ0) is 17.5. The van der Waals surface area contributed by atoms with E-state index in [0.717, 1.165) is 11.1 Å². The maximum Gasteiger partial charge on any atom is 0.335 e. The Morgan fingerprint density at radius 3 is 2.38 bits per heavy atom. The summed E-state index contributed by atoms with van der Waals surface area (Å²) in [5.41, 5.74) is 2.12. The van der Waals surface area contributed by atoms with Gasteiger partial charge in [0, 0.05) is 0 Å². The molecule has 0 saturated heterocycles. The van der Waals surface area contributed by atoms with E-state index in [1.54, 1.807) is 19.1 Å². The minimum absolute atomic E-state index is 0.225. The summed E-state index contributed by atoms with van der Waals surface area (Å²) in [7, 11) is -1.48. The number of hydrogen-bond donors (Lipinski definition) is 1. The average molecular weight is 343 g/mol. The number of ether oxygens (including phenoxy) is 1. The van der Waals surface area contributed by atoms with Gasteiger partial charge in [0.15, 0.2) is 0 Å². The van der Waals surface area contributed by atoms with E-state index in [2.05, 4.69) is 11.3 Å². The highest BCUT2D eigenvalue weighted by molar-refractivity contribution is 7.83. The second kappa shape index (κ2) is 8.57. The smallest absolute Gasteiger partial charge is 0.335 e. The van der Waals surface area contributed by atoms with Crippen molar-refractivity contribution >= 4 is 17.0 Å². The monoisotopic (exact) mass is 343 g/mol. The van der Waals surface area contributed by atoms with Gasteiger partial charge in [-0.05, 0) is 31.5 Å². The van der Waals surface area contributed by atoms with Gasteiger partial charge in [0.25, 0.3) is 0 Å². The van der Waals surface area contributed by atoms with Crippen molar-refractivity contribution in [1.29, 1.82) is 0 Å². The standard InChI is InChI=1S/C19H21NO3S/c1-4-23-19(21)15(3)18(16-8-6-5-7-9-16)20-24(22)17-12-10-14(2)11-13-17/h5-13,18,20H,3-4H2,1-2H3/t18-,24?/m0/s1. The lowest BCUT2D eigenvalue weighted by Gasteiger charge is -2.20. The molecule has 2 rings (SSSR count). The predicted molar refractivity (Wildman–Crippen MR) is 95.7 cm³/mol. The molecule has 0 amide bonds. The third-order valence-corrected chi connectivity index (χ3v) is 4.63. The topological polar surface area (TPSA) is 55.4 Å². The number of rotatable bonds is 7. The molecule has 0 aliphatic heterocycles. The molecule has 0 radical (unpaired) electrons. The van der Waals surface area contributed by atoms with E-state index in [4.69, 9.17) is 4.74 Å². The highest BCUT2D eigenvalue weighted by Crippen LogP contribution is 2.23. The normalized spacial score (nSPS) is 13.1. The maximum atomic E-state index is 12.6. The van der Waals surface area contributed by atoms with Crippen LogP contribution in [-0.4, -0.2) is 16.8 Å². The Morgan fingerprint density at radius 2 is 1.79 bits per heavy atom. The minimum Gasteiger partial charge on any atom is -0.463 e. The largest absolute Gasteiger partial charge is 0.463 e. The molecule has 0 aliphatic carbocycles. The van der Waals surface area contributed by atoms with Crippen molar-refractivity contribution in [3.8, 4) is 0 Å². The molecule has 24 heavy (non-hydrogen) atoms. The molecule has 5 heteroatoms. The lowest BCUT2D eigenvalue weighted by atomic mass is 10.0. The van der Waals surface area contributed by atoms with Gasteiger partial charge in [0.2, 0.25) is 0 Å². The highest BCUT2D eigenvalue weighted by Gasteiger charge is 2.24. The van der Waals surface area contributed by atoms with Gasteiger partial charge < -0.3 is 4.74 Å². The lowest BCUT2D eigenvalue weighted by molar-refractivity contribution is -0.138. The third kappa shape index (κ3) is 4.63. The van der Waals surface area contributed by atoms with Crippen molar-refractivity contribution in [1.82, 2.24) is 4.72 Å². The Balaban J connectivity index is 2.26. The molecule has 0 fully saturated rings. The second-order valence-electron chi connectivity index (χ2n) is 5.29. The van der Waals surface area contributed by atoms with Crippen molar-refractivity contribution in [2.75, 3.05) is 6.61 Å². The fraction of sp³-hybridized carbons (Fsp3) is 0.211. The highest BCUT2D eigenvalue weighted by atomic mass is 32.2. The van der Waals surface area contributed by atoms with Crippen molar-refractivity contribution in [3.05, 3.63) is 77.9 Å². The number of benzene rings is 2. The molecule has 126 valence electrons. The summed E-state index contributed by atoms with van der Waals surface area (Å²) < 4.78 is 20.6. The van der Waals surface area contributed by atoms with Crippen LogP contribution in [-0.2, 0) is 20.5 Å². The number of carbonyl (C=O) groups is 1. The molecular weight excluding hydrogens is 322 g/mol. The SMILES string of the molecule is C=C(C(=O)OCC)[C@H](NS(=O)c1ccc(C)cc1)c1ccccc1. The van der Waals surface area contributed by atoms with Crippen LogP contribution < -0.4 is 4.72 Å². The number of hydrogen-bond acceptors (Lipinski definition) is 3. The molecule has 4 nitrogen and oxygen atoms in total. The summed E-state index contributed by atoms with van der Waals surface area (Å²) in [6.45, 7) is 7.81. The Morgan fingerprint density at radius 1 is 1.17 bits per heavy atom. The zero-order valence-electron chi connectivity index (χ0n) is 13.8. The van der Waals surface area contributed by atoms with Crippen LogP contribution in [0.1, 0.15) is 24.1 Å². The third-order valence-electron chi connectivity index (χ3n) is 3.48. The van der Waals surface area contributed by atoms with Gasteiger partial charge in [-0.2, -0.15) is 0 Å². The minimum atomic E-state index is -1.48. The number of nitrogens with one attached hydrogen (secondary N) is 1. The molecule has 0 aromatic heterocycles. The van der Waals surface area contributed by atoms with Gasteiger partial charge in [0.05, 0.1) is 23.1 Å². The number of esters is 1. The van der Waals surface area contributed by atoms with Gasteiger partial charge in [0.1, 0.15) is 11.0 Å². The summed E-state index contributed by atoms with van der Waals surface area (Å²) in [6.07, 6.45) is 0. The molecule has 2 aromatic carbocycles. The van der Waals surface area contributed by atoms with E-state index in [-0.39, 0.29) is 12.2 Å². The van der Waals surface area contributed by atoms with Crippen LogP contribution in [0.5, 0.6) is 0 Å². The van der Waals surface area contributed by atoms with E-state index in [1.807, 2.05) is 49.4 Å². The molecule has 1 unspecified atom stereocenters. The Labute approximate surface area is 145 Å². The van der Waals surface area contributed by atoms with Gasteiger partial charge in [-0.3, -0.25) is 0 Å². The molecule has 0 bridgehead atoms. The van der Waals surface area contributed by atoms with Crippen molar-refractivity contribution in [2.45, 2.75) is 24.8 Å². The van der Waals surface area contributed by atoms with Crippen LogP contribution in [0.25, 0.3) is 0 Å². The number of carbonyl (C=O) groups excluding carboxylic acids is 1. The van der Waals surface area contributed by atoms with Crippen LogP contribution in [0, 0.1) is 6.92 Å². The molecule has 2 atom stereocenters. The quantitative estimate of drug-likeness (QED) is 0.619. The molecular formula is C19H21NO3S. The van der Waals surface area contributed by atoms with E-state index in [0.29, 0.717) is 4.90 Å². The lowest BCUT2D eigenvalue weighted by Crippen LogP contribution is -2.28. The van der Waals surface area contributed by atoms with E-state index in [1.165, 1.54) is 0 Å². The summed E-state index contributed by atoms with van der Waals surface area (Å²) in [5.74, 6) is -0.500. The molecule has 0 spiro atoms. The van der Waals surface area contributed by atoms with Crippen LogP contribution in [0.3, 0.4) is 0 Å². The van der Waals surface area contributed by atoms with E-state index in [9.17, 15) is 9.00 Å². The molecule has 0 heterocycles. The van der Waals surface area contributed by atoms with Crippen LogP contribution in [0.4, 0.5) is 0 Å². The Bertz CT molecular complexity index is 726. The van der Waals surface area contributed by atoms with Crippen LogP contribution >= 0.6 is 0 Å². The first kappa shape index (κ1) is 18.1. The van der Waals surface area contributed by atoms with Crippen LogP contribution in [0.15, 0.2) is 71.6 Å². The van der Waals surface area contributed by atoms with Gasteiger partial charge in [-0.15, -0.1) is 0 Å². The van der Waals surface area contributed by atoms with E-state index < -0.39 is 23.0 Å². The van der Waals surface area contributed by atoms with Crippen molar-refractivity contribution in [2.24, 2.45) is 0 Å². The molecule has 2 aromatic rings. The van der Waals surface area contributed by atoms with Gasteiger partial charge in [-0.25, -0.2) is 13.7 Å².